The van der Waals surface area contributed by atoms with Crippen LogP contribution < -0.4 is 10.1 Å². The lowest BCUT2D eigenvalue weighted by atomic mass is 10.2. The van der Waals surface area contributed by atoms with Crippen LogP contribution in [0.25, 0.3) is 0 Å². The van der Waals surface area contributed by atoms with Crippen LogP contribution in [0.5, 0.6) is 5.75 Å². The molecule has 0 saturated heterocycles. The highest BCUT2D eigenvalue weighted by molar-refractivity contribution is 6.39. The molecule has 1 amide bonds. The van der Waals surface area contributed by atoms with Crippen molar-refractivity contribution in [2.75, 3.05) is 11.9 Å². The Morgan fingerprint density at radius 3 is 2.48 bits per heavy atom. The van der Waals surface area contributed by atoms with Gasteiger partial charge >= 0.3 is 0 Å². The summed E-state index contributed by atoms with van der Waals surface area (Å²) in [6, 6.07) is 9.12. The molecule has 0 radical (unpaired) electrons. The molecule has 0 aromatic heterocycles. The predicted molar refractivity (Wildman–Crippen MR) is 88.4 cm³/mol. The first-order valence-corrected chi connectivity index (χ1v) is 7.26. The predicted octanol–water partition coefficient (Wildman–Crippen LogP) is 4.23. The topological polar surface area (TPSA) is 81.5 Å². The smallest absolute Gasteiger partial charge is 0.272 e. The number of aryl methyl sites for hydroxylation is 1. The van der Waals surface area contributed by atoms with E-state index in [1.54, 1.807) is 25.1 Å². The molecule has 0 aliphatic heterocycles. The molecule has 2 aromatic carbocycles. The Morgan fingerprint density at radius 1 is 1.26 bits per heavy atom. The van der Waals surface area contributed by atoms with Crippen LogP contribution in [-0.2, 0) is 4.79 Å². The molecule has 0 spiro atoms. The van der Waals surface area contributed by atoms with E-state index < -0.39 is 10.8 Å². The molecule has 0 unspecified atom stereocenters. The number of nitro groups is 1. The summed E-state index contributed by atoms with van der Waals surface area (Å²) >= 11 is 11.9. The number of rotatable bonds is 5. The van der Waals surface area contributed by atoms with Gasteiger partial charge in [0, 0.05) is 11.6 Å². The largest absolute Gasteiger partial charge is 0.484 e. The molecule has 0 saturated carbocycles. The highest BCUT2D eigenvalue weighted by atomic mass is 35.5. The summed E-state index contributed by atoms with van der Waals surface area (Å²) in [5, 5.41) is 13.9. The molecule has 0 bridgehead atoms. The summed E-state index contributed by atoms with van der Waals surface area (Å²) in [5.74, 6) is -0.0930. The van der Waals surface area contributed by atoms with Gasteiger partial charge < -0.3 is 10.1 Å². The number of amides is 1. The maximum atomic E-state index is 11.9. The molecule has 0 fully saturated rings. The summed E-state index contributed by atoms with van der Waals surface area (Å²) in [5.41, 5.74) is 0.746. The molecule has 0 aliphatic carbocycles. The number of hydrogen-bond acceptors (Lipinski definition) is 4. The number of anilines is 1. The molecular formula is C15H12Cl2N2O4. The van der Waals surface area contributed by atoms with Gasteiger partial charge in [0.15, 0.2) is 6.61 Å². The number of nitrogens with one attached hydrogen (secondary N) is 1. The Balaban J connectivity index is 2.00. The van der Waals surface area contributed by atoms with Gasteiger partial charge in [0.1, 0.15) is 5.75 Å². The molecule has 2 aromatic rings. The number of para-hydroxylation sites is 1. The van der Waals surface area contributed by atoms with E-state index in [1.165, 1.54) is 18.2 Å². The molecule has 2 rings (SSSR count). The third kappa shape index (κ3) is 4.34. The van der Waals surface area contributed by atoms with E-state index in [0.717, 1.165) is 0 Å². The molecule has 1 N–H and O–H groups in total. The van der Waals surface area contributed by atoms with Crippen molar-refractivity contribution >= 4 is 40.5 Å². The monoisotopic (exact) mass is 354 g/mol. The normalized spacial score (nSPS) is 10.2. The van der Waals surface area contributed by atoms with E-state index >= 15 is 0 Å². The summed E-state index contributed by atoms with van der Waals surface area (Å²) < 4.78 is 5.31. The Hall–Kier alpha value is -2.31. The number of hydrogen-bond donors (Lipinski definition) is 1. The second-order valence-electron chi connectivity index (χ2n) is 4.64. The fourth-order valence-electron chi connectivity index (χ4n) is 1.86. The standard InChI is InChI=1S/C15H12Cl2N2O4/c1-9-7-10(5-6-13(9)19(21)22)23-8-14(20)18-15-11(16)3-2-4-12(15)17/h2-7H,8H2,1H3,(H,18,20). The highest BCUT2D eigenvalue weighted by Crippen LogP contribution is 2.29. The van der Waals surface area contributed by atoms with Gasteiger partial charge in [-0.05, 0) is 31.2 Å². The first-order chi connectivity index (χ1) is 10.9. The lowest BCUT2D eigenvalue weighted by Crippen LogP contribution is -2.20. The van der Waals surface area contributed by atoms with Gasteiger partial charge in [0.2, 0.25) is 0 Å². The van der Waals surface area contributed by atoms with Gasteiger partial charge in [-0.2, -0.15) is 0 Å². The second-order valence-corrected chi connectivity index (χ2v) is 5.45. The quantitative estimate of drug-likeness (QED) is 0.643. The molecule has 6 nitrogen and oxygen atoms in total. The van der Waals surface area contributed by atoms with Crippen LogP contribution in [0.2, 0.25) is 10.0 Å². The molecule has 0 heterocycles. The first-order valence-electron chi connectivity index (χ1n) is 6.50. The van der Waals surface area contributed by atoms with Gasteiger partial charge in [-0.25, -0.2) is 0 Å². The minimum atomic E-state index is -0.481. The van der Waals surface area contributed by atoms with Crippen molar-refractivity contribution in [1.82, 2.24) is 0 Å². The van der Waals surface area contributed by atoms with Crippen LogP contribution in [0.3, 0.4) is 0 Å². The molecular weight excluding hydrogens is 343 g/mol. The van der Waals surface area contributed by atoms with Crippen molar-refractivity contribution in [2.45, 2.75) is 6.92 Å². The summed E-state index contributed by atoms with van der Waals surface area (Å²) in [6.45, 7) is 1.31. The third-order valence-electron chi connectivity index (χ3n) is 2.96. The number of benzene rings is 2. The Morgan fingerprint density at radius 2 is 1.91 bits per heavy atom. The van der Waals surface area contributed by atoms with Gasteiger partial charge in [0.25, 0.3) is 11.6 Å². The molecule has 23 heavy (non-hydrogen) atoms. The van der Waals surface area contributed by atoms with E-state index in [-0.39, 0.29) is 12.3 Å². The van der Waals surface area contributed by atoms with Crippen molar-refractivity contribution in [3.8, 4) is 5.75 Å². The average Bonchev–Trinajstić information content (AvgIpc) is 2.49. The minimum Gasteiger partial charge on any atom is -0.484 e. The van der Waals surface area contributed by atoms with E-state index in [0.29, 0.717) is 27.0 Å². The molecule has 0 atom stereocenters. The number of nitrogens with zero attached hydrogens (tertiary/aromatic N) is 1. The number of carbonyl (C=O) groups is 1. The van der Waals surface area contributed by atoms with Crippen LogP contribution >= 0.6 is 23.2 Å². The maximum Gasteiger partial charge on any atom is 0.272 e. The minimum absolute atomic E-state index is 0.00958. The van der Waals surface area contributed by atoms with E-state index in [4.69, 9.17) is 27.9 Å². The molecule has 120 valence electrons. The first kappa shape index (κ1) is 17.1. The summed E-state index contributed by atoms with van der Waals surface area (Å²) in [6.07, 6.45) is 0. The zero-order valence-corrected chi connectivity index (χ0v) is 13.5. The van der Waals surface area contributed by atoms with Crippen molar-refractivity contribution in [3.05, 3.63) is 62.1 Å². The Kier molecular flexibility index (Phi) is 5.41. The zero-order valence-electron chi connectivity index (χ0n) is 12.0. The highest BCUT2D eigenvalue weighted by Gasteiger charge is 2.13. The van der Waals surface area contributed by atoms with Gasteiger partial charge in [-0.15, -0.1) is 0 Å². The fourth-order valence-corrected chi connectivity index (χ4v) is 2.36. The summed E-state index contributed by atoms with van der Waals surface area (Å²) in [4.78, 5) is 22.1. The van der Waals surface area contributed by atoms with Gasteiger partial charge in [0.05, 0.1) is 20.7 Å². The number of halogens is 2. The Bertz CT molecular complexity index is 745. The van der Waals surface area contributed by atoms with Crippen LogP contribution in [-0.4, -0.2) is 17.4 Å². The SMILES string of the molecule is Cc1cc(OCC(=O)Nc2c(Cl)cccc2Cl)ccc1[N+](=O)[O-]. The van der Waals surface area contributed by atoms with Crippen LogP contribution in [0, 0.1) is 17.0 Å². The lowest BCUT2D eigenvalue weighted by molar-refractivity contribution is -0.385. The van der Waals surface area contributed by atoms with Gasteiger partial charge in [-0.1, -0.05) is 29.3 Å². The van der Waals surface area contributed by atoms with E-state index in [2.05, 4.69) is 5.32 Å². The van der Waals surface area contributed by atoms with Crippen molar-refractivity contribution in [2.24, 2.45) is 0 Å². The van der Waals surface area contributed by atoms with Crippen LogP contribution in [0.15, 0.2) is 36.4 Å². The zero-order chi connectivity index (χ0) is 17.0. The maximum absolute atomic E-state index is 11.9. The molecule has 0 aliphatic rings. The van der Waals surface area contributed by atoms with Crippen LogP contribution in [0.1, 0.15) is 5.56 Å². The Labute approximate surface area is 142 Å². The van der Waals surface area contributed by atoms with E-state index in [9.17, 15) is 14.9 Å². The fraction of sp³-hybridized carbons (Fsp3) is 0.133. The van der Waals surface area contributed by atoms with Gasteiger partial charge in [-0.3, -0.25) is 14.9 Å². The number of ether oxygens (including phenoxy) is 1. The van der Waals surface area contributed by atoms with E-state index in [1.807, 2.05) is 0 Å². The summed E-state index contributed by atoms with van der Waals surface area (Å²) in [7, 11) is 0. The second kappa shape index (κ2) is 7.30. The van der Waals surface area contributed by atoms with Crippen molar-refractivity contribution < 1.29 is 14.5 Å². The van der Waals surface area contributed by atoms with Crippen molar-refractivity contribution in [3.63, 3.8) is 0 Å². The number of carbonyl (C=O) groups excluding carboxylic acids is 1. The average molecular weight is 355 g/mol. The van der Waals surface area contributed by atoms with Crippen LogP contribution in [0.4, 0.5) is 11.4 Å². The third-order valence-corrected chi connectivity index (χ3v) is 3.59. The van der Waals surface area contributed by atoms with Crippen molar-refractivity contribution in [1.29, 1.82) is 0 Å². The molecule has 8 heteroatoms. The lowest BCUT2D eigenvalue weighted by Gasteiger charge is -2.10. The number of nitro benzene ring substituents is 1.